The molecular weight excluding hydrogens is 956 g/mol. The molecule has 4 aliphatic rings. The van der Waals surface area contributed by atoms with Crippen LogP contribution in [0.15, 0.2) is 42.5 Å². The van der Waals surface area contributed by atoms with E-state index >= 15 is 0 Å². The minimum absolute atomic E-state index is 0.0513. The number of carbonyl (C=O) groups excluding carboxylic acids is 7. The Morgan fingerprint density at radius 2 is 1.65 bits per heavy atom. The summed E-state index contributed by atoms with van der Waals surface area (Å²) in [4.78, 5) is 94.7. The topological polar surface area (TPSA) is 238 Å². The molecule has 1 fully saturated rings. The first-order valence-corrected chi connectivity index (χ1v) is 24.3. The van der Waals surface area contributed by atoms with Crippen molar-refractivity contribution in [1.82, 2.24) is 35.7 Å². The molecule has 364 valence electrons. The van der Waals surface area contributed by atoms with Gasteiger partial charge >= 0.3 is 226 Å². The third kappa shape index (κ3) is 11.3. The molecule has 4 aromatic rings. The van der Waals surface area contributed by atoms with Crippen LogP contribution in [0.5, 0.6) is 11.5 Å². The Bertz CT molecular complexity index is 2730. The summed E-state index contributed by atoms with van der Waals surface area (Å²) >= 11 is 3.22. The van der Waals surface area contributed by atoms with Crippen LogP contribution < -0.4 is 36.1 Å². The van der Waals surface area contributed by atoms with Gasteiger partial charge in [0.1, 0.15) is 6.04 Å². The number of benzene rings is 2. The number of hydrogen-bond acceptors (Lipinski definition) is 13. The van der Waals surface area contributed by atoms with E-state index in [1.807, 2.05) is 25.1 Å². The number of amides is 6. The zero-order valence-corrected chi connectivity index (χ0v) is 40.4. The standard InChI is InChI=1S/C49H56N8O11Se/c1-3-30-31-20-38-45-34(25-57(38)47(69)35(31)27-67-48(30)63)33(32-21-39-40(22-37(32)55-45)66-19-18-65-39)23-52-49(64)68-26-28-10-12-29(13-11-28)53-46(62)36(8-7-16-50-2)54-42(59)24-51-41(58)9-5-4-6-17-56-43(60)14-15-44(56)61/h10-13,20-22,30,36,50H,3-9,14-19,23-27H2,1-2H3,(H,51,58)(H,52,64)(H,53,62)(H,54,59). The third-order valence-corrected chi connectivity index (χ3v) is 13.7. The number of unbranched alkanes of at least 4 members (excludes halogenated alkanes) is 2. The molecule has 2 aromatic carbocycles. The van der Waals surface area contributed by atoms with Crippen LogP contribution in [-0.2, 0) is 64.5 Å². The number of nitrogens with zero attached hydrogens (tertiary/aromatic N) is 3. The van der Waals surface area contributed by atoms with Crippen LogP contribution in [0.25, 0.3) is 22.3 Å². The molecule has 20 heteroatoms. The van der Waals surface area contributed by atoms with E-state index in [2.05, 4.69) is 46.7 Å². The monoisotopic (exact) mass is 1010 g/mol. The Balaban J connectivity index is 0.851. The van der Waals surface area contributed by atoms with Crippen LogP contribution in [-0.4, -0.2) is 118 Å². The zero-order valence-electron chi connectivity index (χ0n) is 38.7. The average molecular weight is 1010 g/mol. The van der Waals surface area contributed by atoms with Crippen molar-refractivity contribution in [2.75, 3.05) is 45.2 Å². The number of ether oxygens (including phenoxy) is 4. The summed E-state index contributed by atoms with van der Waals surface area (Å²) in [6, 6.07) is 11.7. The number of cyclic esters (lactones) is 1. The molecule has 0 aliphatic carbocycles. The molecule has 0 spiro atoms. The molecule has 19 nitrogen and oxygen atoms in total. The van der Waals surface area contributed by atoms with Crippen LogP contribution in [0.3, 0.4) is 0 Å². The first-order chi connectivity index (χ1) is 33.4. The summed E-state index contributed by atoms with van der Waals surface area (Å²) in [7, 11) is 1.79. The molecular formula is C49H56N8O11Se. The van der Waals surface area contributed by atoms with Crippen LogP contribution >= 0.6 is 0 Å². The second kappa shape index (κ2) is 22.2. The second-order valence-electron chi connectivity index (χ2n) is 17.4. The van der Waals surface area contributed by atoms with Gasteiger partial charge in [-0.2, -0.15) is 0 Å². The number of rotatable bonds is 20. The number of fused-ring (bicyclic) bond motifs is 6. The molecule has 6 amide bonds. The van der Waals surface area contributed by atoms with E-state index in [0.717, 1.165) is 43.2 Å². The number of carbonyl (C=O) groups is 7. The molecule has 2 aromatic heterocycles. The molecule has 8 rings (SSSR count). The van der Waals surface area contributed by atoms with E-state index < -0.39 is 23.9 Å². The van der Waals surface area contributed by atoms with Crippen LogP contribution in [0.2, 0.25) is 0 Å². The summed E-state index contributed by atoms with van der Waals surface area (Å²) in [5.74, 6) is -1.02. The van der Waals surface area contributed by atoms with Crippen molar-refractivity contribution in [2.45, 2.75) is 103 Å². The Labute approximate surface area is 406 Å². The van der Waals surface area contributed by atoms with Gasteiger partial charge in [-0.05, 0) is 51.4 Å². The van der Waals surface area contributed by atoms with Gasteiger partial charge < -0.3 is 21.3 Å². The number of hydrogen-bond donors (Lipinski definition) is 5. The number of likely N-dealkylation sites (tertiary alicyclic amines) is 1. The Kier molecular flexibility index (Phi) is 15.7. The number of imide groups is 1. The van der Waals surface area contributed by atoms with Gasteiger partial charge in [0.2, 0.25) is 29.5 Å². The maximum atomic E-state index is 13.4. The van der Waals surface area contributed by atoms with Crippen molar-refractivity contribution < 1.29 is 52.5 Å². The fourth-order valence-electron chi connectivity index (χ4n) is 9.07. The molecule has 1 saturated heterocycles. The Hall–Kier alpha value is -6.63. The van der Waals surface area contributed by atoms with Gasteiger partial charge in [-0.1, -0.05) is 6.42 Å². The fraction of sp³-hybridized carbons (Fsp3) is 0.449. The molecule has 0 radical (unpaired) electrons. The zero-order chi connectivity index (χ0) is 48.6. The predicted molar refractivity (Wildman–Crippen MR) is 252 cm³/mol. The summed E-state index contributed by atoms with van der Waals surface area (Å²) in [6.07, 6.45) is 3.38. The SMILES string of the molecule is CCC1C(=O)OCc2c1cc1n(c2=[Se])Cc2c-1nc1cc3c(cc1c2CNC(=O)OCc1ccc(NC(=O)C(CCCNC)NC(=O)CNC(=O)CCCCCN2C(=O)CCC2=O)cc1)OCCO3. The van der Waals surface area contributed by atoms with Crippen molar-refractivity contribution in [1.29, 1.82) is 0 Å². The van der Waals surface area contributed by atoms with Crippen molar-refractivity contribution in [2.24, 2.45) is 0 Å². The van der Waals surface area contributed by atoms with E-state index in [-0.39, 0.29) is 75.2 Å². The van der Waals surface area contributed by atoms with Crippen LogP contribution in [0, 0.1) is 4.19 Å². The first kappa shape index (κ1) is 48.8. The molecule has 0 saturated carbocycles. The van der Waals surface area contributed by atoms with Crippen molar-refractivity contribution in [3.8, 4) is 22.9 Å². The van der Waals surface area contributed by atoms with E-state index in [9.17, 15) is 33.6 Å². The van der Waals surface area contributed by atoms with E-state index in [0.29, 0.717) is 99.6 Å². The summed E-state index contributed by atoms with van der Waals surface area (Å²) in [6.45, 7) is 4.18. The molecule has 2 atom stereocenters. The van der Waals surface area contributed by atoms with Gasteiger partial charge in [-0.3, -0.25) is 28.9 Å². The van der Waals surface area contributed by atoms with Crippen LogP contribution in [0.1, 0.15) is 98.4 Å². The number of pyridine rings is 2. The molecule has 0 bridgehead atoms. The van der Waals surface area contributed by atoms with Crippen LogP contribution in [0.4, 0.5) is 10.5 Å². The average Bonchev–Trinajstić information content (AvgIpc) is 3.88. The van der Waals surface area contributed by atoms with Gasteiger partial charge in [0.05, 0.1) is 6.54 Å². The van der Waals surface area contributed by atoms with E-state index in [4.69, 9.17) is 23.9 Å². The van der Waals surface area contributed by atoms with Gasteiger partial charge in [0.25, 0.3) is 0 Å². The third-order valence-electron chi connectivity index (χ3n) is 12.7. The molecule has 69 heavy (non-hydrogen) atoms. The predicted octanol–water partition coefficient (Wildman–Crippen LogP) is 3.76. The molecule has 5 N–H and O–H groups in total. The summed E-state index contributed by atoms with van der Waals surface area (Å²) < 4.78 is 26.0. The first-order valence-electron chi connectivity index (χ1n) is 23.4. The number of esters is 1. The molecule has 2 unspecified atom stereocenters. The van der Waals surface area contributed by atoms with E-state index in [1.165, 1.54) is 4.90 Å². The van der Waals surface area contributed by atoms with Gasteiger partial charge in [0.15, 0.2) is 0 Å². The quantitative estimate of drug-likeness (QED) is 0.0324. The van der Waals surface area contributed by atoms with Crippen molar-refractivity contribution in [3.63, 3.8) is 0 Å². The normalized spacial score (nSPS) is 16.0. The summed E-state index contributed by atoms with van der Waals surface area (Å²) in [5.41, 5.74) is 7.03. The van der Waals surface area contributed by atoms with Gasteiger partial charge in [0, 0.05) is 31.5 Å². The Morgan fingerprint density at radius 1 is 0.899 bits per heavy atom. The number of nitrogens with one attached hydrogen (secondary N) is 5. The van der Waals surface area contributed by atoms with Crippen molar-refractivity contribution in [3.05, 3.63) is 74.5 Å². The molecule has 6 heterocycles. The fourth-order valence-corrected chi connectivity index (χ4v) is 9.78. The maximum absolute atomic E-state index is 13.4. The second-order valence-corrected chi connectivity index (χ2v) is 18.2. The number of anilines is 1. The van der Waals surface area contributed by atoms with Gasteiger partial charge in [-0.15, -0.1) is 0 Å². The van der Waals surface area contributed by atoms with E-state index in [1.54, 1.807) is 31.3 Å². The summed E-state index contributed by atoms with van der Waals surface area (Å²) in [5, 5.41) is 14.9. The van der Waals surface area contributed by atoms with Crippen molar-refractivity contribution >= 4 is 73.8 Å². The number of aromatic nitrogens is 2. The van der Waals surface area contributed by atoms with Gasteiger partial charge in [-0.25, -0.2) is 0 Å². The molecule has 4 aliphatic heterocycles. The minimum atomic E-state index is -0.871. The Morgan fingerprint density at radius 3 is 2.39 bits per heavy atom. The number of alkyl carbamates (subject to hydrolysis) is 1.